The minimum atomic E-state index is 0.488. The van der Waals surface area contributed by atoms with Crippen molar-refractivity contribution in [1.29, 1.82) is 0 Å². The lowest BCUT2D eigenvalue weighted by molar-refractivity contribution is 0.353. The maximum atomic E-state index is 4.57. The Labute approximate surface area is 178 Å². The van der Waals surface area contributed by atoms with Gasteiger partial charge in [0.1, 0.15) is 5.01 Å². The summed E-state index contributed by atoms with van der Waals surface area (Å²) in [7, 11) is 0. The van der Waals surface area contributed by atoms with Crippen LogP contribution in [-0.2, 0) is 0 Å². The fourth-order valence-electron chi connectivity index (χ4n) is 3.92. The molecule has 3 rings (SSSR count). The van der Waals surface area contributed by atoms with Gasteiger partial charge < -0.3 is 10.6 Å². The first-order valence-electron chi connectivity index (χ1n) is 10.4. The van der Waals surface area contributed by atoms with E-state index in [1.807, 2.05) is 18.0 Å². The summed E-state index contributed by atoms with van der Waals surface area (Å²) in [6, 6.07) is 0.488. The zero-order valence-electron chi connectivity index (χ0n) is 17.3. The molecule has 3 heterocycles. The van der Waals surface area contributed by atoms with Crippen LogP contribution < -0.4 is 10.6 Å². The molecule has 2 aliphatic heterocycles. The second-order valence-electron chi connectivity index (χ2n) is 7.52. The van der Waals surface area contributed by atoms with Gasteiger partial charge in [-0.3, -0.25) is 0 Å². The minimum absolute atomic E-state index is 0.488. The van der Waals surface area contributed by atoms with E-state index < -0.39 is 0 Å². The van der Waals surface area contributed by atoms with E-state index in [4.69, 9.17) is 0 Å². The van der Waals surface area contributed by atoms with Crippen molar-refractivity contribution in [1.82, 2.24) is 15.6 Å². The summed E-state index contributed by atoms with van der Waals surface area (Å²) >= 11 is 3.64. The topological polar surface area (TPSA) is 37.0 Å². The number of aromatic nitrogens is 1. The predicted octanol–water partition coefficient (Wildman–Crippen LogP) is 5.77. The number of allylic oxidation sites excluding steroid dienone is 3. The van der Waals surface area contributed by atoms with Gasteiger partial charge in [-0.05, 0) is 68.5 Å². The Bertz CT molecular complexity index is 744. The first-order valence-corrected chi connectivity index (χ1v) is 12.2. The number of nitrogens with one attached hydrogen (secondary N) is 2. The van der Waals surface area contributed by atoms with Gasteiger partial charge in [-0.15, -0.1) is 11.3 Å². The maximum Gasteiger partial charge on any atom is 0.118 e. The second-order valence-corrected chi connectivity index (χ2v) is 9.33. The molecule has 0 amide bonds. The average Bonchev–Trinajstić information content (AvgIpc) is 2.99. The fraction of sp³-hybridized carbons (Fsp3) is 0.522. The number of rotatable bonds is 6. The molecule has 0 bridgehead atoms. The summed E-state index contributed by atoms with van der Waals surface area (Å²) in [4.78, 5) is 6.04. The van der Waals surface area contributed by atoms with Crippen molar-refractivity contribution < 1.29 is 0 Å². The molecule has 0 saturated heterocycles. The molecule has 0 aliphatic carbocycles. The molecule has 28 heavy (non-hydrogen) atoms. The highest BCUT2D eigenvalue weighted by atomic mass is 32.2. The van der Waals surface area contributed by atoms with E-state index in [1.54, 1.807) is 11.3 Å². The van der Waals surface area contributed by atoms with Crippen molar-refractivity contribution in [3.63, 3.8) is 0 Å². The quantitative estimate of drug-likeness (QED) is 0.619. The van der Waals surface area contributed by atoms with Crippen LogP contribution in [0.5, 0.6) is 0 Å². The first kappa shape index (κ1) is 21.6. The molecule has 5 heteroatoms. The molecule has 0 aromatic carbocycles. The zero-order chi connectivity index (χ0) is 19.8. The molecule has 0 spiro atoms. The van der Waals surface area contributed by atoms with Crippen LogP contribution in [0.2, 0.25) is 0 Å². The van der Waals surface area contributed by atoms with Crippen LogP contribution in [0, 0.1) is 5.92 Å². The molecule has 3 nitrogen and oxygen atoms in total. The standard InChI is InChI=1S/C23H33N3S2/c1-4-12-27-22(17(3)5-2)18-8-10-24-16-20(14-18)21-15-19(7-6-9-25-21)23-26-11-13-28-23/h4,7-8,11-13,20-21,24-25H,5-6,9-10,14-16H2,1-3H3. The van der Waals surface area contributed by atoms with Crippen LogP contribution in [-0.4, -0.2) is 30.7 Å². The largest absolute Gasteiger partial charge is 0.313 e. The molecular formula is C23H33N3S2. The van der Waals surface area contributed by atoms with Gasteiger partial charge in [0, 0.05) is 35.6 Å². The summed E-state index contributed by atoms with van der Waals surface area (Å²) in [5.74, 6) is 0.584. The fourth-order valence-corrected chi connectivity index (χ4v) is 5.54. The van der Waals surface area contributed by atoms with Gasteiger partial charge >= 0.3 is 0 Å². The Balaban J connectivity index is 1.78. The van der Waals surface area contributed by atoms with Crippen molar-refractivity contribution >= 4 is 28.7 Å². The second kappa shape index (κ2) is 11.1. The summed E-state index contributed by atoms with van der Waals surface area (Å²) in [6.45, 7) is 9.72. The van der Waals surface area contributed by atoms with Crippen molar-refractivity contribution in [3.8, 4) is 0 Å². The molecule has 2 aliphatic rings. The van der Waals surface area contributed by atoms with Gasteiger partial charge in [-0.1, -0.05) is 42.5 Å². The molecular weight excluding hydrogens is 382 g/mol. The molecule has 152 valence electrons. The Morgan fingerprint density at radius 1 is 1.36 bits per heavy atom. The maximum absolute atomic E-state index is 4.57. The number of thiazole rings is 1. The highest BCUT2D eigenvalue weighted by Gasteiger charge is 2.27. The SMILES string of the molecule is CC=CSC(C1=CCNCC(C2CC(c3nccs3)=CCCN2)C1)=C(C)CC. The Morgan fingerprint density at radius 3 is 3.00 bits per heavy atom. The monoisotopic (exact) mass is 415 g/mol. The Hall–Kier alpha value is -1.14. The smallest absolute Gasteiger partial charge is 0.118 e. The highest BCUT2D eigenvalue weighted by Crippen LogP contribution is 2.36. The van der Waals surface area contributed by atoms with Crippen molar-refractivity contribution in [2.45, 2.75) is 52.5 Å². The third kappa shape index (κ3) is 5.69. The number of nitrogens with zero attached hydrogens (tertiary/aromatic N) is 1. The van der Waals surface area contributed by atoms with Gasteiger partial charge in [-0.2, -0.15) is 0 Å². The first-order chi connectivity index (χ1) is 13.7. The van der Waals surface area contributed by atoms with Gasteiger partial charge in [0.15, 0.2) is 0 Å². The van der Waals surface area contributed by atoms with E-state index in [2.05, 4.69) is 65.4 Å². The lowest BCUT2D eigenvalue weighted by Gasteiger charge is -2.28. The summed E-state index contributed by atoms with van der Waals surface area (Å²) in [5, 5.41) is 13.0. The lowest BCUT2D eigenvalue weighted by atomic mass is 9.88. The molecule has 1 aromatic heterocycles. The lowest BCUT2D eigenvalue weighted by Crippen LogP contribution is -2.40. The molecule has 1 aromatic rings. The van der Waals surface area contributed by atoms with Crippen molar-refractivity contribution in [2.24, 2.45) is 5.92 Å². The van der Waals surface area contributed by atoms with Gasteiger partial charge in [0.25, 0.3) is 0 Å². The molecule has 0 radical (unpaired) electrons. The van der Waals surface area contributed by atoms with Gasteiger partial charge in [-0.25, -0.2) is 4.98 Å². The molecule has 0 fully saturated rings. The van der Waals surface area contributed by atoms with Gasteiger partial charge in [0.2, 0.25) is 0 Å². The van der Waals surface area contributed by atoms with E-state index in [9.17, 15) is 0 Å². The predicted molar refractivity (Wildman–Crippen MR) is 126 cm³/mol. The molecule has 2 atom stereocenters. The van der Waals surface area contributed by atoms with Crippen LogP contribution in [0.4, 0.5) is 0 Å². The number of thioether (sulfide) groups is 1. The van der Waals surface area contributed by atoms with Crippen LogP contribution in [0.1, 0.15) is 51.5 Å². The van der Waals surface area contributed by atoms with Crippen LogP contribution >= 0.6 is 23.1 Å². The molecule has 2 N–H and O–H groups in total. The van der Waals surface area contributed by atoms with Crippen LogP contribution in [0.15, 0.2) is 51.3 Å². The van der Waals surface area contributed by atoms with Crippen molar-refractivity contribution in [3.05, 3.63) is 56.3 Å². The zero-order valence-corrected chi connectivity index (χ0v) is 19.0. The van der Waals surface area contributed by atoms with E-state index >= 15 is 0 Å². The molecule has 2 unspecified atom stereocenters. The highest BCUT2D eigenvalue weighted by molar-refractivity contribution is 8.06. The van der Waals surface area contributed by atoms with E-state index in [-0.39, 0.29) is 0 Å². The van der Waals surface area contributed by atoms with E-state index in [1.165, 1.54) is 26.6 Å². The van der Waals surface area contributed by atoms with E-state index in [0.717, 1.165) is 45.3 Å². The Morgan fingerprint density at radius 2 is 2.25 bits per heavy atom. The number of hydrogen-bond donors (Lipinski definition) is 2. The average molecular weight is 416 g/mol. The summed E-state index contributed by atoms with van der Waals surface area (Å²) in [5.41, 5.74) is 4.43. The van der Waals surface area contributed by atoms with Gasteiger partial charge in [0.05, 0.1) is 0 Å². The van der Waals surface area contributed by atoms with Crippen LogP contribution in [0.25, 0.3) is 5.57 Å². The van der Waals surface area contributed by atoms with Crippen molar-refractivity contribution in [2.75, 3.05) is 19.6 Å². The Kier molecular flexibility index (Phi) is 8.59. The third-order valence-electron chi connectivity index (χ3n) is 5.57. The summed E-state index contributed by atoms with van der Waals surface area (Å²) < 4.78 is 0. The normalized spacial score (nSPS) is 25.0. The van der Waals surface area contributed by atoms with E-state index in [0.29, 0.717) is 12.0 Å². The number of hydrogen-bond acceptors (Lipinski definition) is 5. The third-order valence-corrected chi connectivity index (χ3v) is 7.67. The molecule has 0 saturated carbocycles. The minimum Gasteiger partial charge on any atom is -0.313 e. The summed E-state index contributed by atoms with van der Waals surface area (Å²) in [6.07, 6.45) is 13.3. The van der Waals surface area contributed by atoms with Crippen LogP contribution in [0.3, 0.4) is 0 Å².